The Hall–Kier alpha value is -0.900. The lowest BCUT2D eigenvalue weighted by molar-refractivity contribution is -0.141. The summed E-state index contributed by atoms with van der Waals surface area (Å²) in [5.74, 6) is -0.815. The molecule has 0 aromatic heterocycles. The molecular weight excluding hydrogens is 170 g/mol. The Balaban J connectivity index is 2.30. The average molecular weight is 185 g/mol. The third-order valence-electron chi connectivity index (χ3n) is 2.37. The van der Waals surface area contributed by atoms with E-state index in [1.807, 2.05) is 4.90 Å². The molecule has 1 N–H and O–H groups in total. The molecule has 1 rings (SSSR count). The van der Waals surface area contributed by atoms with E-state index in [4.69, 9.17) is 5.11 Å². The molecule has 1 unspecified atom stereocenters. The van der Waals surface area contributed by atoms with Gasteiger partial charge in [0.15, 0.2) is 0 Å². The van der Waals surface area contributed by atoms with E-state index in [0.29, 0.717) is 25.2 Å². The topological polar surface area (TPSA) is 57.6 Å². The first-order valence-electron chi connectivity index (χ1n) is 4.56. The molecule has 0 spiro atoms. The standard InChI is InChI=1S/C9H15NO3/c1-7(9(12)13)6-10-4-2-8(11)3-5-10/h7H,2-6H2,1H3,(H,12,13). The molecule has 0 amide bonds. The van der Waals surface area contributed by atoms with Crippen LogP contribution in [0, 0.1) is 5.92 Å². The minimum absolute atomic E-state index is 0.291. The predicted octanol–water partition coefficient (Wildman–Crippen LogP) is 0.372. The summed E-state index contributed by atoms with van der Waals surface area (Å²) in [6.45, 7) is 3.69. The van der Waals surface area contributed by atoms with Crippen molar-refractivity contribution < 1.29 is 14.7 Å². The first-order valence-corrected chi connectivity index (χ1v) is 4.56. The van der Waals surface area contributed by atoms with Gasteiger partial charge in [-0.3, -0.25) is 9.59 Å². The molecule has 1 saturated heterocycles. The molecule has 1 aliphatic heterocycles. The van der Waals surface area contributed by atoms with E-state index in [1.165, 1.54) is 0 Å². The van der Waals surface area contributed by atoms with E-state index in [2.05, 4.69) is 0 Å². The third kappa shape index (κ3) is 3.14. The van der Waals surface area contributed by atoms with Gasteiger partial charge in [-0.25, -0.2) is 0 Å². The highest BCUT2D eigenvalue weighted by molar-refractivity contribution is 5.79. The summed E-state index contributed by atoms with van der Waals surface area (Å²) < 4.78 is 0. The molecule has 1 aliphatic rings. The van der Waals surface area contributed by atoms with Crippen LogP contribution >= 0.6 is 0 Å². The van der Waals surface area contributed by atoms with Gasteiger partial charge in [0.05, 0.1) is 5.92 Å². The smallest absolute Gasteiger partial charge is 0.307 e. The quantitative estimate of drug-likeness (QED) is 0.690. The molecule has 4 nitrogen and oxygen atoms in total. The van der Waals surface area contributed by atoms with Crippen molar-refractivity contribution in [1.82, 2.24) is 4.90 Å². The highest BCUT2D eigenvalue weighted by Gasteiger charge is 2.20. The van der Waals surface area contributed by atoms with Crippen molar-refractivity contribution >= 4 is 11.8 Å². The molecule has 0 aromatic rings. The van der Waals surface area contributed by atoms with Crippen LogP contribution in [0.2, 0.25) is 0 Å². The number of carbonyl (C=O) groups is 2. The molecule has 0 radical (unpaired) electrons. The highest BCUT2D eigenvalue weighted by atomic mass is 16.4. The zero-order valence-corrected chi connectivity index (χ0v) is 7.82. The number of Topliss-reactive ketones (excluding diaryl/α,β-unsaturated/α-hetero) is 1. The summed E-state index contributed by atoms with van der Waals surface area (Å²) in [4.78, 5) is 23.5. The lowest BCUT2D eigenvalue weighted by Gasteiger charge is -2.26. The lowest BCUT2D eigenvalue weighted by Crippen LogP contribution is -2.38. The number of likely N-dealkylation sites (tertiary alicyclic amines) is 1. The van der Waals surface area contributed by atoms with Crippen molar-refractivity contribution in [3.05, 3.63) is 0 Å². The van der Waals surface area contributed by atoms with E-state index in [9.17, 15) is 9.59 Å². The number of ketones is 1. The second kappa shape index (κ2) is 4.37. The van der Waals surface area contributed by atoms with E-state index in [1.54, 1.807) is 6.92 Å². The first-order chi connectivity index (χ1) is 6.09. The van der Waals surface area contributed by atoms with Crippen LogP contribution in [-0.4, -0.2) is 41.4 Å². The summed E-state index contributed by atoms with van der Waals surface area (Å²) >= 11 is 0. The fourth-order valence-electron chi connectivity index (χ4n) is 1.45. The van der Waals surface area contributed by atoms with Crippen molar-refractivity contribution in [2.24, 2.45) is 5.92 Å². The zero-order chi connectivity index (χ0) is 9.84. The molecule has 74 valence electrons. The van der Waals surface area contributed by atoms with Gasteiger partial charge in [0.2, 0.25) is 0 Å². The minimum atomic E-state index is -0.767. The highest BCUT2D eigenvalue weighted by Crippen LogP contribution is 2.08. The Morgan fingerprint density at radius 1 is 1.54 bits per heavy atom. The Labute approximate surface area is 77.5 Å². The van der Waals surface area contributed by atoms with E-state index >= 15 is 0 Å². The molecule has 0 bridgehead atoms. The number of hydrogen-bond acceptors (Lipinski definition) is 3. The van der Waals surface area contributed by atoms with Crippen molar-refractivity contribution in [2.75, 3.05) is 19.6 Å². The van der Waals surface area contributed by atoms with Gasteiger partial charge in [-0.2, -0.15) is 0 Å². The first kappa shape index (κ1) is 10.2. The van der Waals surface area contributed by atoms with Gasteiger partial charge >= 0.3 is 5.97 Å². The SMILES string of the molecule is CC(CN1CCC(=O)CC1)C(=O)O. The maximum atomic E-state index is 10.9. The fourth-order valence-corrected chi connectivity index (χ4v) is 1.45. The van der Waals surface area contributed by atoms with Crippen LogP contribution in [0.15, 0.2) is 0 Å². The number of carboxylic acids is 1. The Morgan fingerprint density at radius 3 is 2.54 bits per heavy atom. The summed E-state index contributed by atoms with van der Waals surface area (Å²) in [6.07, 6.45) is 1.15. The molecule has 1 fully saturated rings. The maximum Gasteiger partial charge on any atom is 0.307 e. The predicted molar refractivity (Wildman–Crippen MR) is 47.5 cm³/mol. The van der Waals surface area contributed by atoms with Gasteiger partial charge in [-0.1, -0.05) is 6.92 Å². The molecule has 1 atom stereocenters. The average Bonchev–Trinajstić information content (AvgIpc) is 2.08. The number of nitrogens with zero attached hydrogens (tertiary/aromatic N) is 1. The van der Waals surface area contributed by atoms with Gasteiger partial charge in [0.1, 0.15) is 5.78 Å². The summed E-state index contributed by atoms with van der Waals surface area (Å²) in [6, 6.07) is 0. The van der Waals surface area contributed by atoms with Crippen LogP contribution in [0.5, 0.6) is 0 Å². The number of carbonyl (C=O) groups excluding carboxylic acids is 1. The van der Waals surface area contributed by atoms with E-state index in [0.717, 1.165) is 13.1 Å². The van der Waals surface area contributed by atoms with E-state index < -0.39 is 5.97 Å². The normalized spacial score (nSPS) is 21.5. The second-order valence-electron chi connectivity index (χ2n) is 3.58. The van der Waals surface area contributed by atoms with Crippen LogP contribution in [0.1, 0.15) is 19.8 Å². The van der Waals surface area contributed by atoms with Crippen LogP contribution in [0.25, 0.3) is 0 Å². The van der Waals surface area contributed by atoms with Gasteiger partial charge in [-0.05, 0) is 0 Å². The number of hydrogen-bond donors (Lipinski definition) is 1. The molecular formula is C9H15NO3. The van der Waals surface area contributed by atoms with Gasteiger partial charge in [0, 0.05) is 32.5 Å². The third-order valence-corrected chi connectivity index (χ3v) is 2.37. The summed E-state index contributed by atoms with van der Waals surface area (Å²) in [7, 11) is 0. The van der Waals surface area contributed by atoms with E-state index in [-0.39, 0.29) is 5.92 Å². The number of aliphatic carboxylic acids is 1. The molecule has 1 heterocycles. The van der Waals surface area contributed by atoms with Crippen molar-refractivity contribution in [3.8, 4) is 0 Å². The van der Waals surface area contributed by atoms with Crippen molar-refractivity contribution in [2.45, 2.75) is 19.8 Å². The summed E-state index contributed by atoms with van der Waals surface area (Å²) in [5, 5.41) is 8.67. The number of rotatable bonds is 3. The zero-order valence-electron chi connectivity index (χ0n) is 7.82. The fraction of sp³-hybridized carbons (Fsp3) is 0.778. The molecule has 0 aromatic carbocycles. The largest absolute Gasteiger partial charge is 0.481 e. The molecule has 4 heteroatoms. The molecule has 0 saturated carbocycles. The van der Waals surface area contributed by atoms with Crippen LogP contribution in [-0.2, 0) is 9.59 Å². The van der Waals surface area contributed by atoms with Crippen molar-refractivity contribution in [1.29, 1.82) is 0 Å². The van der Waals surface area contributed by atoms with Gasteiger partial charge in [0.25, 0.3) is 0 Å². The second-order valence-corrected chi connectivity index (χ2v) is 3.58. The maximum absolute atomic E-state index is 10.9. The number of carboxylic acid groups (broad SMARTS) is 1. The van der Waals surface area contributed by atoms with Gasteiger partial charge in [-0.15, -0.1) is 0 Å². The Kier molecular flexibility index (Phi) is 3.42. The Morgan fingerprint density at radius 2 is 2.08 bits per heavy atom. The Bertz CT molecular complexity index is 205. The lowest BCUT2D eigenvalue weighted by atomic mass is 10.1. The van der Waals surface area contributed by atoms with Crippen molar-refractivity contribution in [3.63, 3.8) is 0 Å². The van der Waals surface area contributed by atoms with Gasteiger partial charge < -0.3 is 10.0 Å². The summed E-state index contributed by atoms with van der Waals surface area (Å²) in [5.41, 5.74) is 0. The van der Waals surface area contributed by atoms with Crippen LogP contribution in [0.3, 0.4) is 0 Å². The van der Waals surface area contributed by atoms with Crippen LogP contribution in [0.4, 0.5) is 0 Å². The molecule has 0 aliphatic carbocycles. The number of piperidine rings is 1. The monoisotopic (exact) mass is 185 g/mol. The molecule has 13 heavy (non-hydrogen) atoms. The van der Waals surface area contributed by atoms with Crippen LogP contribution < -0.4 is 0 Å². The minimum Gasteiger partial charge on any atom is -0.481 e.